The van der Waals surface area contributed by atoms with Crippen LogP contribution in [-0.4, -0.2) is 11.1 Å². The Morgan fingerprint density at radius 1 is 1.18 bits per heavy atom. The van der Waals surface area contributed by atoms with Gasteiger partial charge in [-0.05, 0) is 47.7 Å². The highest BCUT2D eigenvalue weighted by atomic mass is 17.2. The number of aliphatic carboxylic acids is 1. The molecule has 0 saturated carbocycles. The average Bonchev–Trinajstić information content (AvgIpc) is 2.76. The Balaban J connectivity index is 1.78. The molecule has 0 radical (unpaired) electrons. The normalized spacial score (nSPS) is 17.5. The van der Waals surface area contributed by atoms with Crippen LogP contribution in [0.4, 0.5) is 0 Å². The van der Waals surface area contributed by atoms with Gasteiger partial charge in [-0.1, -0.05) is 36.4 Å². The topological polar surface area (TPSA) is 55.8 Å². The van der Waals surface area contributed by atoms with Gasteiger partial charge in [-0.25, -0.2) is 4.79 Å². The molecule has 1 heterocycles. The Kier molecular flexibility index (Phi) is 4.21. The molecule has 1 unspecified atom stereocenters. The largest absolute Gasteiger partial charge is 0.478 e. The van der Waals surface area contributed by atoms with Crippen molar-refractivity contribution >= 4 is 12.0 Å². The monoisotopic (exact) mass is 296 g/mol. The van der Waals surface area contributed by atoms with Crippen molar-refractivity contribution in [3.05, 3.63) is 71.3 Å². The van der Waals surface area contributed by atoms with Gasteiger partial charge in [0.1, 0.15) is 6.10 Å². The molecule has 1 aliphatic heterocycles. The Hall–Kier alpha value is -2.59. The molecule has 0 spiro atoms. The summed E-state index contributed by atoms with van der Waals surface area (Å²) in [5, 5.41) is 8.69. The third kappa shape index (κ3) is 3.35. The lowest BCUT2D eigenvalue weighted by atomic mass is 10.00. The Morgan fingerprint density at radius 2 is 2.00 bits per heavy atom. The maximum absolute atomic E-state index is 10.6. The molecule has 2 aromatic carbocycles. The molecule has 112 valence electrons. The van der Waals surface area contributed by atoms with Gasteiger partial charge in [0.2, 0.25) is 0 Å². The van der Waals surface area contributed by atoms with Gasteiger partial charge < -0.3 is 9.99 Å². The van der Waals surface area contributed by atoms with Crippen molar-refractivity contribution < 1.29 is 19.7 Å². The first kappa shape index (κ1) is 14.4. The van der Waals surface area contributed by atoms with Gasteiger partial charge in [-0.15, -0.1) is 0 Å². The number of rotatable bonds is 3. The number of benzene rings is 2. The van der Waals surface area contributed by atoms with Gasteiger partial charge in [-0.3, -0.25) is 0 Å². The van der Waals surface area contributed by atoms with Crippen LogP contribution in [0.1, 0.15) is 29.2 Å². The molecule has 3 rings (SSSR count). The lowest BCUT2D eigenvalue weighted by molar-refractivity contribution is -0.245. The van der Waals surface area contributed by atoms with E-state index in [9.17, 15) is 4.79 Å². The molecule has 0 fully saturated rings. The minimum atomic E-state index is -0.960. The highest BCUT2D eigenvalue weighted by Gasteiger charge is 2.20. The Labute approximate surface area is 128 Å². The van der Waals surface area contributed by atoms with Crippen molar-refractivity contribution in [2.75, 3.05) is 0 Å². The van der Waals surface area contributed by atoms with Gasteiger partial charge >= 0.3 is 5.97 Å². The number of carboxylic acid groups (broad SMARTS) is 1. The van der Waals surface area contributed by atoms with E-state index in [1.807, 2.05) is 48.5 Å². The summed E-state index contributed by atoms with van der Waals surface area (Å²) in [6, 6.07) is 15.5. The molecule has 0 bridgehead atoms. The van der Waals surface area contributed by atoms with E-state index in [4.69, 9.17) is 14.9 Å². The van der Waals surface area contributed by atoms with Crippen molar-refractivity contribution in [1.82, 2.24) is 0 Å². The minimum Gasteiger partial charge on any atom is -0.478 e. The van der Waals surface area contributed by atoms with Crippen molar-refractivity contribution in [1.29, 1.82) is 0 Å². The lowest BCUT2D eigenvalue weighted by Crippen LogP contribution is -2.05. The molecule has 1 N–H and O–H groups in total. The summed E-state index contributed by atoms with van der Waals surface area (Å²) in [5.74, 6) is -0.274. The molecular weight excluding hydrogens is 280 g/mol. The molecule has 0 aromatic heterocycles. The highest BCUT2D eigenvalue weighted by Crippen LogP contribution is 2.32. The SMILES string of the molecule is O=C(O)C=Cc1ccc2c(c1)CCC(c1ccccc1)OO2. The van der Waals surface area contributed by atoms with Crippen LogP contribution >= 0.6 is 0 Å². The number of carbonyl (C=O) groups is 1. The molecule has 1 aliphatic rings. The van der Waals surface area contributed by atoms with Gasteiger partial charge in [0, 0.05) is 6.08 Å². The van der Waals surface area contributed by atoms with Crippen LogP contribution in [-0.2, 0) is 16.1 Å². The number of aryl methyl sites for hydroxylation is 1. The smallest absolute Gasteiger partial charge is 0.328 e. The highest BCUT2D eigenvalue weighted by molar-refractivity contribution is 5.85. The van der Waals surface area contributed by atoms with E-state index in [1.54, 1.807) is 6.08 Å². The summed E-state index contributed by atoms with van der Waals surface area (Å²) >= 11 is 0. The molecule has 0 aliphatic carbocycles. The molecule has 0 saturated heterocycles. The second-order valence-corrected chi connectivity index (χ2v) is 5.16. The zero-order chi connectivity index (χ0) is 15.4. The van der Waals surface area contributed by atoms with Crippen molar-refractivity contribution in [2.24, 2.45) is 0 Å². The van der Waals surface area contributed by atoms with E-state index < -0.39 is 5.97 Å². The van der Waals surface area contributed by atoms with Crippen LogP contribution in [0.2, 0.25) is 0 Å². The van der Waals surface area contributed by atoms with Crippen LogP contribution in [0, 0.1) is 0 Å². The third-order valence-electron chi connectivity index (χ3n) is 3.60. The van der Waals surface area contributed by atoms with E-state index in [0.717, 1.165) is 35.6 Å². The number of fused-ring (bicyclic) bond motifs is 1. The quantitative estimate of drug-likeness (QED) is 0.691. The molecule has 2 aromatic rings. The Morgan fingerprint density at radius 3 is 2.77 bits per heavy atom. The molecule has 4 nitrogen and oxygen atoms in total. The van der Waals surface area contributed by atoms with E-state index in [-0.39, 0.29) is 6.10 Å². The molecule has 22 heavy (non-hydrogen) atoms. The average molecular weight is 296 g/mol. The van der Waals surface area contributed by atoms with E-state index in [1.165, 1.54) is 0 Å². The Bertz CT molecular complexity index is 691. The molecule has 0 amide bonds. The first-order chi connectivity index (χ1) is 10.7. The van der Waals surface area contributed by atoms with E-state index >= 15 is 0 Å². The van der Waals surface area contributed by atoms with E-state index in [2.05, 4.69) is 0 Å². The number of hydrogen-bond donors (Lipinski definition) is 1. The summed E-state index contributed by atoms with van der Waals surface area (Å²) < 4.78 is 0. The van der Waals surface area contributed by atoms with Crippen LogP contribution in [0.3, 0.4) is 0 Å². The van der Waals surface area contributed by atoms with E-state index in [0.29, 0.717) is 5.75 Å². The van der Waals surface area contributed by atoms with Crippen LogP contribution in [0.15, 0.2) is 54.6 Å². The first-order valence-corrected chi connectivity index (χ1v) is 7.14. The van der Waals surface area contributed by atoms with Crippen molar-refractivity contribution in [3.63, 3.8) is 0 Å². The fourth-order valence-corrected chi connectivity index (χ4v) is 2.48. The van der Waals surface area contributed by atoms with Crippen LogP contribution in [0.5, 0.6) is 5.75 Å². The van der Waals surface area contributed by atoms with Crippen molar-refractivity contribution in [3.8, 4) is 5.75 Å². The second-order valence-electron chi connectivity index (χ2n) is 5.16. The third-order valence-corrected chi connectivity index (χ3v) is 3.60. The first-order valence-electron chi connectivity index (χ1n) is 7.14. The summed E-state index contributed by atoms with van der Waals surface area (Å²) in [6.45, 7) is 0. The predicted molar refractivity (Wildman–Crippen MR) is 82.3 cm³/mol. The number of carboxylic acids is 1. The zero-order valence-corrected chi connectivity index (χ0v) is 11.9. The van der Waals surface area contributed by atoms with Crippen LogP contribution in [0.25, 0.3) is 6.08 Å². The van der Waals surface area contributed by atoms with Gasteiger partial charge in [0.05, 0.1) is 0 Å². The predicted octanol–water partition coefficient (Wildman–Crippen LogP) is 3.78. The zero-order valence-electron chi connectivity index (χ0n) is 11.9. The number of hydrogen-bond acceptors (Lipinski definition) is 3. The molecule has 4 heteroatoms. The molecule has 1 atom stereocenters. The lowest BCUT2D eigenvalue weighted by Gasteiger charge is -2.13. The maximum Gasteiger partial charge on any atom is 0.328 e. The van der Waals surface area contributed by atoms with Crippen molar-refractivity contribution in [2.45, 2.75) is 18.9 Å². The summed E-state index contributed by atoms with van der Waals surface area (Å²) in [7, 11) is 0. The molecular formula is C18H16O4. The fraction of sp³-hybridized carbons (Fsp3) is 0.167. The summed E-state index contributed by atoms with van der Waals surface area (Å²) in [4.78, 5) is 21.6. The maximum atomic E-state index is 10.6. The summed E-state index contributed by atoms with van der Waals surface area (Å²) in [6.07, 6.45) is 4.21. The summed E-state index contributed by atoms with van der Waals surface area (Å²) in [5.41, 5.74) is 2.94. The van der Waals surface area contributed by atoms with Gasteiger partial charge in [0.15, 0.2) is 5.75 Å². The van der Waals surface area contributed by atoms with Gasteiger partial charge in [0.25, 0.3) is 0 Å². The van der Waals surface area contributed by atoms with Crippen LogP contribution < -0.4 is 4.89 Å². The minimum absolute atomic E-state index is 0.105. The standard InChI is InChI=1S/C18H16O4/c19-18(20)11-7-13-6-9-17-15(12-13)8-10-16(21-22-17)14-4-2-1-3-5-14/h1-7,9,11-12,16H,8,10H2,(H,19,20). The second kappa shape index (κ2) is 6.45. The van der Waals surface area contributed by atoms with Gasteiger partial charge in [-0.2, -0.15) is 4.89 Å². The fourth-order valence-electron chi connectivity index (χ4n) is 2.48.